The molecule has 0 aliphatic heterocycles. The molecule has 0 atom stereocenters. The van der Waals surface area contributed by atoms with Crippen LogP contribution >= 0.6 is 11.6 Å². The number of hydrogen-bond acceptors (Lipinski definition) is 4. The average molecular weight is 362 g/mol. The largest absolute Gasteiger partial charge is 0.459 e. The van der Waals surface area contributed by atoms with Crippen LogP contribution in [0.5, 0.6) is 6.01 Å². The SMILES string of the molecule is Cc1nc(OCc2ccc(Cl)cc2)nc(C)c1NC(=O)CC(C)(C)C. The Morgan fingerprint density at radius 3 is 2.20 bits per heavy atom. The number of aryl methyl sites for hydroxylation is 2. The third-order valence-electron chi connectivity index (χ3n) is 3.49. The molecule has 0 saturated heterocycles. The van der Waals surface area contributed by atoms with Crippen LogP contribution in [0.2, 0.25) is 5.02 Å². The highest BCUT2D eigenvalue weighted by Crippen LogP contribution is 2.23. The maximum Gasteiger partial charge on any atom is 0.317 e. The summed E-state index contributed by atoms with van der Waals surface area (Å²) < 4.78 is 5.66. The zero-order valence-electron chi connectivity index (χ0n) is 15.3. The molecule has 1 amide bonds. The molecule has 25 heavy (non-hydrogen) atoms. The van der Waals surface area contributed by atoms with Gasteiger partial charge in [-0.05, 0) is 37.0 Å². The van der Waals surface area contributed by atoms with Gasteiger partial charge in [0.1, 0.15) is 6.61 Å². The Morgan fingerprint density at radius 1 is 1.12 bits per heavy atom. The smallest absolute Gasteiger partial charge is 0.317 e. The molecule has 2 aromatic rings. The number of aromatic nitrogens is 2. The minimum Gasteiger partial charge on any atom is -0.459 e. The molecule has 0 radical (unpaired) electrons. The number of hydrogen-bond donors (Lipinski definition) is 1. The van der Waals surface area contributed by atoms with E-state index in [1.54, 1.807) is 0 Å². The number of anilines is 1. The number of benzene rings is 1. The standard InChI is InChI=1S/C19H24ClN3O2/c1-12-17(23-16(24)10-19(3,4)5)13(2)22-18(21-12)25-11-14-6-8-15(20)9-7-14/h6-9H,10-11H2,1-5H3,(H,23,24). The van der Waals surface area contributed by atoms with Crippen LogP contribution in [0.3, 0.4) is 0 Å². The monoisotopic (exact) mass is 361 g/mol. The van der Waals surface area contributed by atoms with Gasteiger partial charge in [-0.15, -0.1) is 0 Å². The van der Waals surface area contributed by atoms with Gasteiger partial charge in [-0.25, -0.2) is 0 Å². The molecule has 0 unspecified atom stereocenters. The van der Waals surface area contributed by atoms with Crippen LogP contribution in [0, 0.1) is 19.3 Å². The molecular formula is C19H24ClN3O2. The van der Waals surface area contributed by atoms with Crippen LogP contribution in [0.1, 0.15) is 44.1 Å². The quantitative estimate of drug-likeness (QED) is 0.838. The summed E-state index contributed by atoms with van der Waals surface area (Å²) in [5, 5.41) is 3.59. The third kappa shape index (κ3) is 6.02. The van der Waals surface area contributed by atoms with Crippen molar-refractivity contribution in [3.8, 4) is 6.01 Å². The van der Waals surface area contributed by atoms with E-state index in [1.807, 2.05) is 58.9 Å². The van der Waals surface area contributed by atoms with Gasteiger partial charge < -0.3 is 10.1 Å². The van der Waals surface area contributed by atoms with Gasteiger partial charge in [-0.3, -0.25) is 4.79 Å². The summed E-state index contributed by atoms with van der Waals surface area (Å²) in [5.41, 5.74) is 2.91. The number of carbonyl (C=O) groups excluding carboxylic acids is 1. The highest BCUT2D eigenvalue weighted by atomic mass is 35.5. The fraction of sp³-hybridized carbons (Fsp3) is 0.421. The van der Waals surface area contributed by atoms with Gasteiger partial charge >= 0.3 is 6.01 Å². The highest BCUT2D eigenvalue weighted by molar-refractivity contribution is 6.30. The van der Waals surface area contributed by atoms with Gasteiger partial charge in [-0.1, -0.05) is 44.5 Å². The van der Waals surface area contributed by atoms with Crippen molar-refractivity contribution < 1.29 is 9.53 Å². The number of carbonyl (C=O) groups is 1. The summed E-state index contributed by atoms with van der Waals surface area (Å²) in [6.07, 6.45) is 0.431. The lowest BCUT2D eigenvalue weighted by Crippen LogP contribution is -2.21. The summed E-state index contributed by atoms with van der Waals surface area (Å²) in [7, 11) is 0. The summed E-state index contributed by atoms with van der Waals surface area (Å²) in [4.78, 5) is 20.8. The van der Waals surface area contributed by atoms with Crippen molar-refractivity contribution in [2.75, 3.05) is 5.32 Å². The van der Waals surface area contributed by atoms with E-state index in [0.717, 1.165) is 5.56 Å². The number of ether oxygens (including phenoxy) is 1. The first-order chi connectivity index (χ1) is 11.6. The van der Waals surface area contributed by atoms with E-state index in [-0.39, 0.29) is 11.3 Å². The molecule has 2 rings (SSSR count). The van der Waals surface area contributed by atoms with E-state index in [4.69, 9.17) is 16.3 Å². The number of amides is 1. The molecule has 0 aliphatic rings. The van der Waals surface area contributed by atoms with Gasteiger partial charge in [0.25, 0.3) is 0 Å². The minimum atomic E-state index is -0.0750. The predicted molar refractivity (Wildman–Crippen MR) is 100.0 cm³/mol. The number of nitrogens with one attached hydrogen (secondary N) is 1. The number of halogens is 1. The normalized spacial score (nSPS) is 11.3. The molecule has 1 heterocycles. The van der Waals surface area contributed by atoms with E-state index in [1.165, 1.54) is 0 Å². The van der Waals surface area contributed by atoms with Crippen molar-refractivity contribution in [3.63, 3.8) is 0 Å². The zero-order valence-corrected chi connectivity index (χ0v) is 16.1. The topological polar surface area (TPSA) is 64.1 Å². The zero-order chi connectivity index (χ0) is 18.6. The predicted octanol–water partition coefficient (Wildman–Crippen LogP) is 4.70. The van der Waals surface area contributed by atoms with Gasteiger partial charge in [0.2, 0.25) is 5.91 Å². The minimum absolute atomic E-state index is 0.0443. The average Bonchev–Trinajstić information content (AvgIpc) is 2.48. The Labute approximate surface area is 153 Å². The van der Waals surface area contributed by atoms with E-state index in [9.17, 15) is 4.79 Å². The highest BCUT2D eigenvalue weighted by Gasteiger charge is 2.18. The Balaban J connectivity index is 2.06. The van der Waals surface area contributed by atoms with Crippen molar-refractivity contribution in [1.29, 1.82) is 0 Å². The van der Waals surface area contributed by atoms with Gasteiger partial charge in [-0.2, -0.15) is 9.97 Å². The van der Waals surface area contributed by atoms with E-state index < -0.39 is 0 Å². The number of nitrogens with zero attached hydrogens (tertiary/aromatic N) is 2. The van der Waals surface area contributed by atoms with Crippen LogP contribution in [0.15, 0.2) is 24.3 Å². The first kappa shape index (κ1) is 19.2. The molecule has 6 heteroatoms. The Hall–Kier alpha value is -2.14. The first-order valence-corrected chi connectivity index (χ1v) is 8.54. The molecule has 0 spiro atoms. The Morgan fingerprint density at radius 2 is 1.68 bits per heavy atom. The van der Waals surface area contributed by atoms with E-state index in [2.05, 4.69) is 15.3 Å². The van der Waals surface area contributed by atoms with Crippen LogP contribution in [0.25, 0.3) is 0 Å². The molecule has 1 aromatic carbocycles. The molecule has 1 aromatic heterocycles. The molecule has 5 nitrogen and oxygen atoms in total. The summed E-state index contributed by atoms with van der Waals surface area (Å²) in [5.74, 6) is -0.0443. The second kappa shape index (κ2) is 7.83. The van der Waals surface area contributed by atoms with E-state index in [0.29, 0.717) is 41.1 Å². The van der Waals surface area contributed by atoms with Crippen molar-refractivity contribution >= 4 is 23.2 Å². The molecule has 0 saturated carbocycles. The Bertz CT molecular complexity index is 729. The van der Waals surface area contributed by atoms with E-state index >= 15 is 0 Å². The molecule has 1 N–H and O–H groups in total. The summed E-state index contributed by atoms with van der Waals surface area (Å²) in [6, 6.07) is 7.70. The summed E-state index contributed by atoms with van der Waals surface area (Å²) >= 11 is 5.87. The lowest BCUT2D eigenvalue weighted by Gasteiger charge is -2.18. The van der Waals surface area contributed by atoms with Gasteiger partial charge in [0, 0.05) is 11.4 Å². The number of rotatable bonds is 5. The van der Waals surface area contributed by atoms with Crippen molar-refractivity contribution in [3.05, 3.63) is 46.2 Å². The van der Waals surface area contributed by atoms with Crippen LogP contribution in [-0.4, -0.2) is 15.9 Å². The molecule has 134 valence electrons. The third-order valence-corrected chi connectivity index (χ3v) is 3.74. The summed E-state index contributed by atoms with van der Waals surface area (Å²) in [6.45, 7) is 10.1. The van der Waals surface area contributed by atoms with Crippen molar-refractivity contribution in [2.45, 2.75) is 47.6 Å². The van der Waals surface area contributed by atoms with Gasteiger partial charge in [0.05, 0.1) is 17.1 Å². The second-order valence-corrected chi connectivity index (χ2v) is 7.69. The molecule has 0 aliphatic carbocycles. The lowest BCUT2D eigenvalue weighted by atomic mass is 9.92. The molecule has 0 fully saturated rings. The van der Waals surface area contributed by atoms with Crippen molar-refractivity contribution in [2.24, 2.45) is 5.41 Å². The Kier molecular flexibility index (Phi) is 6.01. The lowest BCUT2D eigenvalue weighted by molar-refractivity contribution is -0.117. The molecular weight excluding hydrogens is 338 g/mol. The maximum atomic E-state index is 12.1. The fourth-order valence-corrected chi connectivity index (χ4v) is 2.45. The molecule has 0 bridgehead atoms. The van der Waals surface area contributed by atoms with Crippen LogP contribution in [-0.2, 0) is 11.4 Å². The van der Waals surface area contributed by atoms with Crippen LogP contribution < -0.4 is 10.1 Å². The first-order valence-electron chi connectivity index (χ1n) is 8.16. The maximum absolute atomic E-state index is 12.1. The van der Waals surface area contributed by atoms with Crippen molar-refractivity contribution in [1.82, 2.24) is 9.97 Å². The fourth-order valence-electron chi connectivity index (χ4n) is 2.32. The second-order valence-electron chi connectivity index (χ2n) is 7.25. The van der Waals surface area contributed by atoms with Crippen LogP contribution in [0.4, 0.5) is 5.69 Å². The van der Waals surface area contributed by atoms with Gasteiger partial charge in [0.15, 0.2) is 0 Å².